The lowest BCUT2D eigenvalue weighted by atomic mass is 9.84. The second-order valence-electron chi connectivity index (χ2n) is 7.33. The van der Waals surface area contributed by atoms with Crippen LogP contribution < -0.4 is 5.32 Å². The molecule has 0 spiro atoms. The average Bonchev–Trinajstić information content (AvgIpc) is 2.65. The van der Waals surface area contributed by atoms with Gasteiger partial charge in [0.2, 0.25) is 0 Å². The Morgan fingerprint density at radius 2 is 2.11 bits per heavy atom. The second kappa shape index (κ2) is 6.55. The van der Waals surface area contributed by atoms with E-state index in [0.717, 1.165) is 18.3 Å². The highest BCUT2D eigenvalue weighted by Crippen LogP contribution is 2.41. The van der Waals surface area contributed by atoms with Crippen molar-refractivity contribution in [3.8, 4) is 0 Å². The largest absolute Gasteiger partial charge is 0.396 e. The molecular formula is C16H32N2O. The highest BCUT2D eigenvalue weighted by molar-refractivity contribution is 4.96. The van der Waals surface area contributed by atoms with Gasteiger partial charge >= 0.3 is 0 Å². The van der Waals surface area contributed by atoms with E-state index in [4.69, 9.17) is 5.11 Å². The molecule has 3 unspecified atom stereocenters. The van der Waals surface area contributed by atoms with Crippen molar-refractivity contribution in [2.75, 3.05) is 33.3 Å². The molecule has 19 heavy (non-hydrogen) atoms. The van der Waals surface area contributed by atoms with Crippen LogP contribution in [0.2, 0.25) is 0 Å². The standard InChI is InChI=1S/C16H32N2O/c1-16(2)8-6-14(15(16)17-3)12-18-9-4-5-13(11-18)7-10-19/h13-15,17,19H,4-12H2,1-3H3. The summed E-state index contributed by atoms with van der Waals surface area (Å²) in [5, 5.41) is 12.7. The number of nitrogens with zero attached hydrogens (tertiary/aromatic N) is 1. The van der Waals surface area contributed by atoms with Crippen LogP contribution in [0.15, 0.2) is 0 Å². The summed E-state index contributed by atoms with van der Waals surface area (Å²) in [6.45, 7) is 8.87. The molecule has 2 rings (SSSR count). The maximum absolute atomic E-state index is 9.11. The number of rotatable bonds is 5. The molecule has 0 aromatic carbocycles. The van der Waals surface area contributed by atoms with Crippen LogP contribution in [0, 0.1) is 17.3 Å². The molecule has 3 atom stereocenters. The monoisotopic (exact) mass is 268 g/mol. The first-order chi connectivity index (χ1) is 9.06. The van der Waals surface area contributed by atoms with E-state index in [1.54, 1.807) is 0 Å². The Labute approximate surface area is 118 Å². The molecule has 0 bridgehead atoms. The minimum absolute atomic E-state index is 0.355. The van der Waals surface area contributed by atoms with Crippen molar-refractivity contribution in [1.29, 1.82) is 0 Å². The molecule has 2 aliphatic rings. The Hall–Kier alpha value is -0.120. The molecule has 1 aliphatic carbocycles. The smallest absolute Gasteiger partial charge is 0.0434 e. The Balaban J connectivity index is 1.87. The summed E-state index contributed by atoms with van der Waals surface area (Å²) in [5.41, 5.74) is 0.444. The third-order valence-corrected chi connectivity index (χ3v) is 5.42. The maximum atomic E-state index is 9.11. The van der Waals surface area contributed by atoms with E-state index in [1.165, 1.54) is 45.3 Å². The predicted molar refractivity (Wildman–Crippen MR) is 80.2 cm³/mol. The minimum atomic E-state index is 0.355. The zero-order valence-corrected chi connectivity index (χ0v) is 13.0. The van der Waals surface area contributed by atoms with Crippen LogP contribution in [0.25, 0.3) is 0 Å². The van der Waals surface area contributed by atoms with Crippen LogP contribution in [-0.2, 0) is 0 Å². The summed E-state index contributed by atoms with van der Waals surface area (Å²) in [5.74, 6) is 1.52. The SMILES string of the molecule is CNC1C(CN2CCCC(CCO)C2)CCC1(C)C. The summed E-state index contributed by atoms with van der Waals surface area (Å²) >= 11 is 0. The summed E-state index contributed by atoms with van der Waals surface area (Å²) in [6.07, 6.45) is 6.31. The molecule has 0 amide bonds. The zero-order valence-electron chi connectivity index (χ0n) is 13.0. The third-order valence-electron chi connectivity index (χ3n) is 5.42. The molecule has 3 nitrogen and oxygen atoms in total. The van der Waals surface area contributed by atoms with E-state index in [1.807, 2.05) is 0 Å². The fraction of sp³-hybridized carbons (Fsp3) is 1.00. The molecule has 112 valence electrons. The Kier molecular flexibility index (Phi) is 5.27. The Morgan fingerprint density at radius 3 is 2.79 bits per heavy atom. The van der Waals surface area contributed by atoms with Crippen LogP contribution in [-0.4, -0.2) is 49.3 Å². The van der Waals surface area contributed by atoms with Crippen molar-refractivity contribution < 1.29 is 5.11 Å². The van der Waals surface area contributed by atoms with Gasteiger partial charge in [-0.15, -0.1) is 0 Å². The van der Waals surface area contributed by atoms with Gasteiger partial charge in [0.15, 0.2) is 0 Å². The number of nitrogens with one attached hydrogen (secondary N) is 1. The number of aliphatic hydroxyl groups is 1. The average molecular weight is 268 g/mol. The molecule has 3 heteroatoms. The van der Waals surface area contributed by atoms with Gasteiger partial charge in [-0.3, -0.25) is 0 Å². The fourth-order valence-electron chi connectivity index (χ4n) is 4.41. The highest BCUT2D eigenvalue weighted by Gasteiger charge is 2.41. The first-order valence-electron chi connectivity index (χ1n) is 8.07. The molecule has 1 saturated heterocycles. The van der Waals surface area contributed by atoms with Gasteiger partial charge in [-0.05, 0) is 62.9 Å². The Bertz CT molecular complexity index is 278. The van der Waals surface area contributed by atoms with Gasteiger partial charge < -0.3 is 15.3 Å². The van der Waals surface area contributed by atoms with Crippen LogP contribution in [0.3, 0.4) is 0 Å². The predicted octanol–water partition coefficient (Wildman–Crippen LogP) is 2.10. The van der Waals surface area contributed by atoms with Gasteiger partial charge in [0.25, 0.3) is 0 Å². The normalized spacial score (nSPS) is 35.7. The summed E-state index contributed by atoms with van der Waals surface area (Å²) < 4.78 is 0. The molecule has 2 N–H and O–H groups in total. The van der Waals surface area contributed by atoms with Gasteiger partial charge in [0.1, 0.15) is 0 Å². The number of hydrogen-bond acceptors (Lipinski definition) is 3. The van der Waals surface area contributed by atoms with E-state index in [-0.39, 0.29) is 0 Å². The molecule has 2 fully saturated rings. The van der Waals surface area contributed by atoms with Gasteiger partial charge in [0.05, 0.1) is 0 Å². The molecule has 1 heterocycles. The van der Waals surface area contributed by atoms with Crippen LogP contribution in [0.4, 0.5) is 0 Å². The van der Waals surface area contributed by atoms with Crippen molar-refractivity contribution in [2.24, 2.45) is 17.3 Å². The second-order valence-corrected chi connectivity index (χ2v) is 7.33. The van der Waals surface area contributed by atoms with E-state index in [0.29, 0.717) is 18.1 Å². The van der Waals surface area contributed by atoms with Crippen LogP contribution in [0.1, 0.15) is 46.0 Å². The first kappa shape index (κ1) is 15.3. The number of aliphatic hydroxyl groups excluding tert-OH is 1. The lowest BCUT2D eigenvalue weighted by Gasteiger charge is -2.37. The first-order valence-corrected chi connectivity index (χ1v) is 8.07. The van der Waals surface area contributed by atoms with Crippen molar-refractivity contribution >= 4 is 0 Å². The zero-order chi connectivity index (χ0) is 13.9. The van der Waals surface area contributed by atoms with E-state index in [2.05, 4.69) is 31.1 Å². The maximum Gasteiger partial charge on any atom is 0.0434 e. The highest BCUT2D eigenvalue weighted by atomic mass is 16.3. The fourth-order valence-corrected chi connectivity index (χ4v) is 4.41. The lowest BCUT2D eigenvalue weighted by molar-refractivity contribution is 0.120. The van der Waals surface area contributed by atoms with Crippen molar-refractivity contribution in [1.82, 2.24) is 10.2 Å². The summed E-state index contributed by atoms with van der Waals surface area (Å²) in [4.78, 5) is 2.65. The summed E-state index contributed by atoms with van der Waals surface area (Å²) in [7, 11) is 2.12. The van der Waals surface area contributed by atoms with E-state index < -0.39 is 0 Å². The van der Waals surface area contributed by atoms with Gasteiger partial charge in [-0.2, -0.15) is 0 Å². The minimum Gasteiger partial charge on any atom is -0.396 e. The van der Waals surface area contributed by atoms with Crippen molar-refractivity contribution in [3.63, 3.8) is 0 Å². The van der Waals surface area contributed by atoms with E-state index >= 15 is 0 Å². The molecular weight excluding hydrogens is 236 g/mol. The summed E-state index contributed by atoms with van der Waals surface area (Å²) in [6, 6.07) is 0.658. The quantitative estimate of drug-likeness (QED) is 0.801. The number of piperidine rings is 1. The van der Waals surface area contributed by atoms with Crippen molar-refractivity contribution in [3.05, 3.63) is 0 Å². The molecule has 1 aliphatic heterocycles. The molecule has 1 saturated carbocycles. The van der Waals surface area contributed by atoms with Gasteiger partial charge in [-0.1, -0.05) is 13.8 Å². The van der Waals surface area contributed by atoms with Crippen LogP contribution in [0.5, 0.6) is 0 Å². The van der Waals surface area contributed by atoms with Gasteiger partial charge in [-0.25, -0.2) is 0 Å². The Morgan fingerprint density at radius 1 is 1.32 bits per heavy atom. The lowest BCUT2D eigenvalue weighted by Crippen LogP contribution is -2.46. The molecule has 0 radical (unpaired) electrons. The van der Waals surface area contributed by atoms with Gasteiger partial charge in [0, 0.05) is 25.7 Å². The third kappa shape index (κ3) is 3.71. The van der Waals surface area contributed by atoms with E-state index in [9.17, 15) is 0 Å². The molecule has 0 aromatic heterocycles. The van der Waals surface area contributed by atoms with Crippen LogP contribution >= 0.6 is 0 Å². The number of hydrogen-bond donors (Lipinski definition) is 2. The number of likely N-dealkylation sites (tertiary alicyclic amines) is 1. The van der Waals surface area contributed by atoms with Crippen molar-refractivity contribution in [2.45, 2.75) is 52.0 Å². The topological polar surface area (TPSA) is 35.5 Å². The molecule has 0 aromatic rings.